The van der Waals surface area contributed by atoms with E-state index in [-0.39, 0.29) is 5.02 Å². The predicted octanol–water partition coefficient (Wildman–Crippen LogP) is 5.79. The zero-order valence-corrected chi connectivity index (χ0v) is 12.8. The first-order valence-electron chi connectivity index (χ1n) is 5.53. The van der Waals surface area contributed by atoms with Gasteiger partial charge in [-0.25, -0.2) is 4.39 Å². The molecule has 1 heterocycles. The number of hydrogen-bond acceptors (Lipinski definition) is 1. The number of benzene rings is 2. The topological polar surface area (TPSA) is 20.7 Å². The fourth-order valence-corrected chi connectivity index (χ4v) is 3.05. The minimum absolute atomic E-state index is 0.00317. The maximum atomic E-state index is 13.5. The molecule has 0 saturated carbocycles. The number of halogens is 4. The van der Waals surface area contributed by atoms with Crippen molar-refractivity contribution in [2.75, 3.05) is 0 Å². The summed E-state index contributed by atoms with van der Waals surface area (Å²) in [5.41, 5.74) is 1.67. The SMILES string of the molecule is Fc1cc2[nH]c(=S)n(-c3c(Cl)cccc3Cl)c2cc1Cl. The Kier molecular flexibility index (Phi) is 3.50. The smallest absolute Gasteiger partial charge is 0.182 e. The first kappa shape index (κ1) is 13.9. The quantitative estimate of drug-likeness (QED) is 0.553. The second-order valence-electron chi connectivity index (χ2n) is 4.12. The Labute approximate surface area is 133 Å². The van der Waals surface area contributed by atoms with Gasteiger partial charge in [-0.15, -0.1) is 0 Å². The standard InChI is InChI=1S/C13H6Cl3FN2S/c14-6-2-1-3-7(15)12(6)19-11-4-8(16)9(17)5-10(11)18-13(19)20/h1-5H,(H,18,20). The van der Waals surface area contributed by atoms with Crippen molar-refractivity contribution in [3.8, 4) is 5.69 Å². The number of imidazole rings is 1. The van der Waals surface area contributed by atoms with Crippen molar-refractivity contribution in [1.29, 1.82) is 0 Å². The summed E-state index contributed by atoms with van der Waals surface area (Å²) >= 11 is 23.5. The Morgan fingerprint density at radius 3 is 2.35 bits per heavy atom. The molecule has 0 amide bonds. The third kappa shape index (κ3) is 2.13. The van der Waals surface area contributed by atoms with Crippen LogP contribution in [0.1, 0.15) is 0 Å². The van der Waals surface area contributed by atoms with Crippen LogP contribution in [0.3, 0.4) is 0 Å². The Hall–Kier alpha value is -1.07. The summed E-state index contributed by atoms with van der Waals surface area (Å²) in [7, 11) is 0. The maximum absolute atomic E-state index is 13.5. The predicted molar refractivity (Wildman–Crippen MR) is 83.4 cm³/mol. The van der Waals surface area contributed by atoms with Gasteiger partial charge in [0.15, 0.2) is 4.77 Å². The van der Waals surface area contributed by atoms with Crippen LogP contribution >= 0.6 is 47.0 Å². The van der Waals surface area contributed by atoms with Crippen LogP contribution < -0.4 is 0 Å². The van der Waals surface area contributed by atoms with Crippen molar-refractivity contribution in [3.05, 3.63) is 56.0 Å². The van der Waals surface area contributed by atoms with Crippen LogP contribution in [-0.2, 0) is 0 Å². The highest BCUT2D eigenvalue weighted by Crippen LogP contribution is 2.32. The fourth-order valence-electron chi connectivity index (χ4n) is 2.03. The highest BCUT2D eigenvalue weighted by Gasteiger charge is 2.15. The summed E-state index contributed by atoms with van der Waals surface area (Å²) in [5.74, 6) is -0.521. The largest absolute Gasteiger partial charge is 0.330 e. The Morgan fingerprint density at radius 1 is 1.05 bits per heavy atom. The highest BCUT2D eigenvalue weighted by molar-refractivity contribution is 7.71. The van der Waals surface area contributed by atoms with Gasteiger partial charge < -0.3 is 4.98 Å². The van der Waals surface area contributed by atoms with Gasteiger partial charge >= 0.3 is 0 Å². The lowest BCUT2D eigenvalue weighted by atomic mass is 10.2. The van der Waals surface area contributed by atoms with Gasteiger partial charge in [0.2, 0.25) is 0 Å². The van der Waals surface area contributed by atoms with Gasteiger partial charge in [0, 0.05) is 6.07 Å². The molecule has 0 atom stereocenters. The number of H-pyrrole nitrogens is 1. The molecule has 7 heteroatoms. The number of para-hydroxylation sites is 1. The van der Waals surface area contributed by atoms with Crippen molar-refractivity contribution in [3.63, 3.8) is 0 Å². The highest BCUT2D eigenvalue weighted by atomic mass is 35.5. The third-order valence-corrected chi connectivity index (χ3v) is 4.07. The molecule has 0 aliphatic rings. The van der Waals surface area contributed by atoms with E-state index in [9.17, 15) is 4.39 Å². The van der Waals surface area contributed by atoms with Gasteiger partial charge in [0.25, 0.3) is 0 Å². The molecule has 0 aliphatic carbocycles. The molecule has 1 aromatic heterocycles. The number of aromatic nitrogens is 2. The molecule has 1 N–H and O–H groups in total. The average Bonchev–Trinajstić information content (AvgIpc) is 2.67. The van der Waals surface area contributed by atoms with Crippen LogP contribution in [0.5, 0.6) is 0 Å². The molecular formula is C13H6Cl3FN2S. The molecule has 0 spiro atoms. The average molecular weight is 348 g/mol. The van der Waals surface area contributed by atoms with Crippen LogP contribution in [0.15, 0.2) is 30.3 Å². The van der Waals surface area contributed by atoms with Crippen molar-refractivity contribution < 1.29 is 4.39 Å². The maximum Gasteiger partial charge on any atom is 0.182 e. The molecule has 2 aromatic carbocycles. The number of nitrogens with zero attached hydrogens (tertiary/aromatic N) is 1. The molecule has 102 valence electrons. The van der Waals surface area contributed by atoms with E-state index in [4.69, 9.17) is 47.0 Å². The van der Waals surface area contributed by atoms with E-state index in [1.165, 1.54) is 12.1 Å². The van der Waals surface area contributed by atoms with E-state index in [2.05, 4.69) is 4.98 Å². The molecule has 3 rings (SSSR count). The van der Waals surface area contributed by atoms with Crippen molar-refractivity contribution in [1.82, 2.24) is 9.55 Å². The Bertz CT molecular complexity index is 865. The van der Waals surface area contributed by atoms with Gasteiger partial charge in [-0.3, -0.25) is 4.57 Å². The van der Waals surface area contributed by atoms with E-state index >= 15 is 0 Å². The minimum Gasteiger partial charge on any atom is -0.330 e. The lowest BCUT2D eigenvalue weighted by molar-refractivity contribution is 0.630. The van der Waals surface area contributed by atoms with E-state index in [1.54, 1.807) is 22.8 Å². The summed E-state index contributed by atoms with van der Waals surface area (Å²) in [6.45, 7) is 0. The second kappa shape index (κ2) is 5.04. The van der Waals surface area contributed by atoms with E-state index in [0.29, 0.717) is 31.5 Å². The van der Waals surface area contributed by atoms with E-state index in [1.807, 2.05) is 0 Å². The van der Waals surface area contributed by atoms with Gasteiger partial charge in [-0.1, -0.05) is 40.9 Å². The molecule has 0 radical (unpaired) electrons. The Balaban J connectivity index is 2.46. The first-order valence-corrected chi connectivity index (χ1v) is 7.07. The summed E-state index contributed by atoms with van der Waals surface area (Å²) in [6.07, 6.45) is 0. The molecule has 0 bridgehead atoms. The van der Waals surface area contributed by atoms with Crippen molar-refractivity contribution in [2.45, 2.75) is 0 Å². The number of hydrogen-bond donors (Lipinski definition) is 1. The zero-order valence-electron chi connectivity index (χ0n) is 9.75. The number of nitrogens with one attached hydrogen (secondary N) is 1. The third-order valence-electron chi connectivity index (χ3n) is 2.89. The van der Waals surface area contributed by atoms with E-state index in [0.717, 1.165) is 0 Å². The Morgan fingerprint density at radius 2 is 1.70 bits per heavy atom. The number of fused-ring (bicyclic) bond motifs is 1. The van der Waals surface area contributed by atoms with Crippen molar-refractivity contribution in [2.24, 2.45) is 0 Å². The van der Waals surface area contributed by atoms with Crippen LogP contribution in [0.25, 0.3) is 16.7 Å². The molecule has 0 saturated heterocycles. The van der Waals surface area contributed by atoms with E-state index < -0.39 is 5.82 Å². The van der Waals surface area contributed by atoms with Gasteiger partial charge in [-0.05, 0) is 30.4 Å². The van der Waals surface area contributed by atoms with Crippen LogP contribution in [0.4, 0.5) is 4.39 Å². The van der Waals surface area contributed by atoms with Crippen molar-refractivity contribution >= 4 is 58.1 Å². The molecule has 0 fully saturated rings. The molecular weight excluding hydrogens is 342 g/mol. The second-order valence-corrected chi connectivity index (χ2v) is 5.73. The van der Waals surface area contributed by atoms with Gasteiger partial charge in [0.05, 0.1) is 31.8 Å². The lowest BCUT2D eigenvalue weighted by Crippen LogP contribution is -1.96. The monoisotopic (exact) mass is 346 g/mol. The molecule has 0 aliphatic heterocycles. The van der Waals surface area contributed by atoms with Gasteiger partial charge in [0.1, 0.15) is 5.82 Å². The van der Waals surface area contributed by atoms with Crippen LogP contribution in [0.2, 0.25) is 15.1 Å². The first-order chi connectivity index (χ1) is 9.49. The number of aromatic amines is 1. The fraction of sp³-hybridized carbons (Fsp3) is 0. The summed E-state index contributed by atoms with van der Waals surface area (Å²) in [5, 5.41) is 0.883. The summed E-state index contributed by atoms with van der Waals surface area (Å²) in [6, 6.07) is 7.91. The minimum atomic E-state index is -0.521. The number of rotatable bonds is 1. The van der Waals surface area contributed by atoms with Crippen LogP contribution in [0, 0.1) is 10.6 Å². The lowest BCUT2D eigenvalue weighted by Gasteiger charge is -2.09. The molecule has 2 nitrogen and oxygen atoms in total. The normalized spacial score (nSPS) is 11.2. The summed E-state index contributed by atoms with van der Waals surface area (Å²) in [4.78, 5) is 2.91. The zero-order chi connectivity index (χ0) is 14.4. The van der Waals surface area contributed by atoms with Gasteiger partial charge in [-0.2, -0.15) is 0 Å². The summed E-state index contributed by atoms with van der Waals surface area (Å²) < 4.78 is 15.5. The molecule has 20 heavy (non-hydrogen) atoms. The van der Waals surface area contributed by atoms with Crippen LogP contribution in [-0.4, -0.2) is 9.55 Å². The molecule has 0 unspecified atom stereocenters. The molecule has 3 aromatic rings.